The van der Waals surface area contributed by atoms with Crippen LogP contribution in [0, 0.1) is 28.6 Å². The second kappa shape index (κ2) is 7.13. The Labute approximate surface area is 172 Å². The number of esters is 2. The van der Waals surface area contributed by atoms with Crippen molar-refractivity contribution >= 4 is 17.7 Å². The molecule has 6 nitrogen and oxygen atoms in total. The maximum absolute atomic E-state index is 11.6. The van der Waals surface area contributed by atoms with Gasteiger partial charge in [-0.3, -0.25) is 9.59 Å². The Morgan fingerprint density at radius 1 is 1.03 bits per heavy atom. The number of carbonyl (C=O) groups excluding carboxylic acids is 2. The van der Waals surface area contributed by atoms with Crippen LogP contribution < -0.4 is 0 Å². The summed E-state index contributed by atoms with van der Waals surface area (Å²) in [5.41, 5.74) is 1.98. The van der Waals surface area contributed by atoms with Crippen molar-refractivity contribution in [2.45, 2.75) is 84.8 Å². The number of carbonyl (C=O) groups is 2. The number of oxime groups is 1. The minimum atomic E-state index is -0.236. The zero-order valence-electron chi connectivity index (χ0n) is 17.9. The summed E-state index contributed by atoms with van der Waals surface area (Å²) in [7, 11) is 0. The van der Waals surface area contributed by atoms with Gasteiger partial charge in [0.2, 0.25) is 0 Å². The minimum Gasteiger partial charge on any atom is -0.462 e. The Bertz CT molecular complexity index is 773. The van der Waals surface area contributed by atoms with Crippen LogP contribution in [0.5, 0.6) is 0 Å². The second-order valence-electron chi connectivity index (χ2n) is 10.0. The van der Waals surface area contributed by atoms with Gasteiger partial charge in [0.1, 0.15) is 12.2 Å². The smallest absolute Gasteiger partial charge is 0.302 e. The predicted octanol–water partition coefficient (Wildman–Crippen LogP) is 4.25. The zero-order valence-corrected chi connectivity index (χ0v) is 17.9. The molecule has 4 aliphatic rings. The Kier molecular flexibility index (Phi) is 5.02. The number of hydrogen-bond donors (Lipinski definition) is 1. The molecular weight excluding hydrogens is 370 g/mol. The van der Waals surface area contributed by atoms with Crippen LogP contribution in [0.2, 0.25) is 0 Å². The molecule has 5 unspecified atom stereocenters. The minimum absolute atomic E-state index is 0.0381. The molecule has 4 aliphatic carbocycles. The van der Waals surface area contributed by atoms with Gasteiger partial charge in [-0.05, 0) is 61.9 Å². The first-order valence-corrected chi connectivity index (χ1v) is 11.0. The third-order valence-corrected chi connectivity index (χ3v) is 8.59. The van der Waals surface area contributed by atoms with E-state index in [9.17, 15) is 14.8 Å². The van der Waals surface area contributed by atoms with Crippen molar-refractivity contribution in [1.29, 1.82) is 0 Å². The summed E-state index contributed by atoms with van der Waals surface area (Å²) in [4.78, 5) is 23.1. The van der Waals surface area contributed by atoms with Gasteiger partial charge in [-0.25, -0.2) is 0 Å². The average molecular weight is 404 g/mol. The van der Waals surface area contributed by atoms with Gasteiger partial charge in [0.25, 0.3) is 0 Å². The van der Waals surface area contributed by atoms with E-state index >= 15 is 0 Å². The normalized spacial score (nSPS) is 44.9. The molecule has 4 rings (SSSR count). The molecule has 0 spiro atoms. The second-order valence-corrected chi connectivity index (χ2v) is 10.0. The van der Waals surface area contributed by atoms with Crippen LogP contribution in [0.25, 0.3) is 0 Å². The fourth-order valence-corrected chi connectivity index (χ4v) is 7.17. The van der Waals surface area contributed by atoms with Gasteiger partial charge in [-0.2, -0.15) is 0 Å². The van der Waals surface area contributed by atoms with Crippen LogP contribution in [-0.4, -0.2) is 35.1 Å². The number of nitrogens with zero attached hydrogens (tertiary/aromatic N) is 1. The number of allylic oxidation sites excluding steroid dienone is 1. The standard InChI is InChI=1S/C23H33NO5/c1-13(25)28-16-7-9-22(3)15(11-16)12-19(24-27)21-17-5-6-20(29-14(2)26)23(17,4)10-8-18(21)22/h12,16-18,20-21,27H,5-11H2,1-4H3/b24-19+/t16-,17?,18?,20-,21?,22?,23?/m0/s1. The molecule has 3 fully saturated rings. The van der Waals surface area contributed by atoms with Crippen molar-refractivity contribution in [1.82, 2.24) is 0 Å². The molecule has 3 saturated carbocycles. The molecule has 0 aliphatic heterocycles. The van der Waals surface area contributed by atoms with Gasteiger partial charge in [0.05, 0.1) is 5.71 Å². The summed E-state index contributed by atoms with van der Waals surface area (Å²) >= 11 is 0. The molecule has 0 aromatic heterocycles. The molecule has 0 aromatic rings. The summed E-state index contributed by atoms with van der Waals surface area (Å²) in [6.07, 6.45) is 8.42. The summed E-state index contributed by atoms with van der Waals surface area (Å²) < 4.78 is 11.2. The van der Waals surface area contributed by atoms with E-state index in [4.69, 9.17) is 9.47 Å². The van der Waals surface area contributed by atoms with Crippen molar-refractivity contribution in [3.8, 4) is 0 Å². The van der Waals surface area contributed by atoms with E-state index in [0.29, 0.717) is 11.8 Å². The molecule has 0 saturated heterocycles. The number of rotatable bonds is 2. The topological polar surface area (TPSA) is 85.2 Å². The highest BCUT2D eigenvalue weighted by molar-refractivity contribution is 5.99. The molecule has 29 heavy (non-hydrogen) atoms. The third kappa shape index (κ3) is 3.19. The molecule has 160 valence electrons. The fourth-order valence-electron chi connectivity index (χ4n) is 7.17. The third-order valence-electron chi connectivity index (χ3n) is 8.59. The highest BCUT2D eigenvalue weighted by atomic mass is 16.5. The van der Waals surface area contributed by atoms with Gasteiger partial charge >= 0.3 is 11.9 Å². The predicted molar refractivity (Wildman–Crippen MR) is 107 cm³/mol. The van der Waals surface area contributed by atoms with Crippen LogP contribution in [-0.2, 0) is 19.1 Å². The Balaban J connectivity index is 1.66. The SMILES string of the molecule is CC(=O)O[C@H]1CCC2(C)C(=C/C(=N\O)C3C2CCC2(C)C3CC[C@@H]2OC(C)=O)C1. The summed E-state index contributed by atoms with van der Waals surface area (Å²) in [5, 5.41) is 13.6. The molecule has 0 aromatic carbocycles. The quantitative estimate of drug-likeness (QED) is 0.423. The van der Waals surface area contributed by atoms with Crippen molar-refractivity contribution in [3.63, 3.8) is 0 Å². The van der Waals surface area contributed by atoms with Crippen LogP contribution in [0.1, 0.15) is 72.6 Å². The summed E-state index contributed by atoms with van der Waals surface area (Å²) in [5.74, 6) is 0.480. The summed E-state index contributed by atoms with van der Waals surface area (Å²) in [6, 6.07) is 0. The van der Waals surface area contributed by atoms with E-state index in [1.807, 2.05) is 0 Å². The number of hydrogen-bond acceptors (Lipinski definition) is 6. The van der Waals surface area contributed by atoms with Crippen molar-refractivity contribution in [2.24, 2.45) is 33.7 Å². The zero-order chi connectivity index (χ0) is 21.0. The van der Waals surface area contributed by atoms with Crippen LogP contribution in [0.15, 0.2) is 16.8 Å². The maximum Gasteiger partial charge on any atom is 0.302 e. The summed E-state index contributed by atoms with van der Waals surface area (Å²) in [6.45, 7) is 7.54. The van der Waals surface area contributed by atoms with E-state index in [1.54, 1.807) is 0 Å². The average Bonchev–Trinajstić information content (AvgIpc) is 2.97. The highest BCUT2D eigenvalue weighted by Gasteiger charge is 2.61. The van der Waals surface area contributed by atoms with E-state index in [-0.39, 0.29) is 40.9 Å². The van der Waals surface area contributed by atoms with E-state index < -0.39 is 0 Å². The van der Waals surface area contributed by atoms with E-state index in [1.165, 1.54) is 19.4 Å². The lowest BCUT2D eigenvalue weighted by molar-refractivity contribution is -0.155. The molecule has 1 N–H and O–H groups in total. The van der Waals surface area contributed by atoms with Gasteiger partial charge in [-0.15, -0.1) is 0 Å². The lowest BCUT2D eigenvalue weighted by atomic mass is 9.47. The fraction of sp³-hybridized carbons (Fsp3) is 0.783. The number of fused-ring (bicyclic) bond motifs is 5. The van der Waals surface area contributed by atoms with Gasteiger partial charge < -0.3 is 14.7 Å². The van der Waals surface area contributed by atoms with Crippen LogP contribution >= 0.6 is 0 Å². The molecular formula is C23H33NO5. The van der Waals surface area contributed by atoms with Gasteiger partial charge in [-0.1, -0.05) is 24.6 Å². The maximum atomic E-state index is 11.6. The molecule has 0 heterocycles. The monoisotopic (exact) mass is 403 g/mol. The molecule has 0 radical (unpaired) electrons. The molecule has 6 heteroatoms. The first-order chi connectivity index (χ1) is 13.7. The lowest BCUT2D eigenvalue weighted by Gasteiger charge is -2.57. The molecule has 0 bridgehead atoms. The van der Waals surface area contributed by atoms with E-state index in [0.717, 1.165) is 50.7 Å². The largest absolute Gasteiger partial charge is 0.462 e. The van der Waals surface area contributed by atoms with Crippen molar-refractivity contribution < 1.29 is 24.3 Å². The first kappa shape index (κ1) is 20.4. The van der Waals surface area contributed by atoms with Crippen molar-refractivity contribution in [2.75, 3.05) is 0 Å². The van der Waals surface area contributed by atoms with E-state index in [2.05, 4.69) is 25.1 Å². The lowest BCUT2D eigenvalue weighted by Crippen LogP contribution is -2.54. The number of ether oxygens (including phenoxy) is 2. The van der Waals surface area contributed by atoms with Crippen LogP contribution in [0.4, 0.5) is 0 Å². The Hall–Kier alpha value is -1.85. The molecule has 0 amide bonds. The Morgan fingerprint density at radius 2 is 1.76 bits per heavy atom. The van der Waals surface area contributed by atoms with Gasteiger partial charge in [0, 0.05) is 31.6 Å². The Morgan fingerprint density at radius 3 is 2.41 bits per heavy atom. The molecule has 7 atom stereocenters. The first-order valence-electron chi connectivity index (χ1n) is 11.0. The highest BCUT2D eigenvalue weighted by Crippen LogP contribution is 2.64. The van der Waals surface area contributed by atoms with Crippen LogP contribution in [0.3, 0.4) is 0 Å². The van der Waals surface area contributed by atoms with Crippen molar-refractivity contribution in [3.05, 3.63) is 11.6 Å². The van der Waals surface area contributed by atoms with Gasteiger partial charge in [0.15, 0.2) is 0 Å².